The maximum Gasteiger partial charge on any atom is 0.408 e. The van der Waals surface area contributed by atoms with Gasteiger partial charge in [0.2, 0.25) is 0 Å². The molecule has 1 amide bonds. The normalized spacial score (nSPS) is 12.5. The van der Waals surface area contributed by atoms with Gasteiger partial charge in [-0.1, -0.05) is 23.7 Å². The van der Waals surface area contributed by atoms with E-state index < -0.39 is 23.7 Å². The van der Waals surface area contributed by atoms with E-state index in [1.54, 1.807) is 32.9 Å². The number of carboxylic acids is 1. The first-order valence-electron chi connectivity index (χ1n) is 7.14. The highest BCUT2D eigenvalue weighted by molar-refractivity contribution is 6.30. The number of aliphatic carboxylic acids is 1. The molecule has 0 saturated heterocycles. The molecule has 1 rings (SSSR count). The molecule has 0 aliphatic carbocycles. The van der Waals surface area contributed by atoms with Crippen LogP contribution in [0.25, 0.3) is 0 Å². The monoisotopic (exact) mass is 327 g/mol. The second kappa shape index (κ2) is 8.03. The molecule has 0 bridgehead atoms. The summed E-state index contributed by atoms with van der Waals surface area (Å²) < 4.78 is 5.07. The molecule has 0 aromatic heterocycles. The second-order valence-electron chi connectivity index (χ2n) is 6.06. The lowest BCUT2D eigenvalue weighted by Gasteiger charge is -2.22. The van der Waals surface area contributed by atoms with Crippen LogP contribution in [0.1, 0.15) is 39.2 Å². The summed E-state index contributed by atoms with van der Waals surface area (Å²) in [5.41, 5.74) is 0.419. The summed E-state index contributed by atoms with van der Waals surface area (Å²) in [4.78, 5) is 22.8. The molecular formula is C16H22ClNO4. The smallest absolute Gasteiger partial charge is 0.408 e. The van der Waals surface area contributed by atoms with Crippen molar-refractivity contribution in [2.45, 2.75) is 51.7 Å². The van der Waals surface area contributed by atoms with Gasteiger partial charge in [-0.25, -0.2) is 9.59 Å². The van der Waals surface area contributed by atoms with Crippen LogP contribution in [0, 0.1) is 0 Å². The Kier molecular flexibility index (Phi) is 6.68. The topological polar surface area (TPSA) is 75.6 Å². The minimum atomic E-state index is -1.07. The van der Waals surface area contributed by atoms with Crippen LogP contribution in [0.5, 0.6) is 0 Å². The molecule has 1 aromatic carbocycles. The van der Waals surface area contributed by atoms with Crippen LogP contribution in [0.2, 0.25) is 5.02 Å². The van der Waals surface area contributed by atoms with Crippen LogP contribution in [0.3, 0.4) is 0 Å². The SMILES string of the molecule is CC(C)(C)OC(=O)N[C@@H](CCCc1ccc(Cl)cc1)C(=O)O. The molecule has 2 N–H and O–H groups in total. The number of carboxylic acid groups (broad SMARTS) is 1. The molecule has 122 valence electrons. The van der Waals surface area contributed by atoms with E-state index in [0.29, 0.717) is 17.9 Å². The van der Waals surface area contributed by atoms with Crippen molar-refractivity contribution < 1.29 is 19.4 Å². The van der Waals surface area contributed by atoms with Crippen molar-refractivity contribution in [1.29, 1.82) is 0 Å². The van der Waals surface area contributed by atoms with Crippen molar-refractivity contribution in [3.8, 4) is 0 Å². The average molecular weight is 328 g/mol. The van der Waals surface area contributed by atoms with Crippen molar-refractivity contribution in [1.82, 2.24) is 5.32 Å². The maximum atomic E-state index is 11.6. The van der Waals surface area contributed by atoms with E-state index >= 15 is 0 Å². The van der Waals surface area contributed by atoms with E-state index in [4.69, 9.17) is 21.4 Å². The molecule has 1 aromatic rings. The minimum absolute atomic E-state index is 0.331. The number of carbonyl (C=O) groups is 2. The quantitative estimate of drug-likeness (QED) is 0.836. The van der Waals surface area contributed by atoms with Crippen molar-refractivity contribution in [3.63, 3.8) is 0 Å². The van der Waals surface area contributed by atoms with Gasteiger partial charge in [0, 0.05) is 5.02 Å². The summed E-state index contributed by atoms with van der Waals surface area (Å²) in [5.74, 6) is -1.07. The molecule has 0 heterocycles. The second-order valence-corrected chi connectivity index (χ2v) is 6.49. The molecular weight excluding hydrogens is 306 g/mol. The van der Waals surface area contributed by atoms with Gasteiger partial charge in [0.25, 0.3) is 0 Å². The third-order valence-electron chi connectivity index (χ3n) is 2.86. The van der Waals surface area contributed by atoms with Crippen LogP contribution in [0.15, 0.2) is 24.3 Å². The predicted molar refractivity (Wildman–Crippen MR) is 85.2 cm³/mol. The summed E-state index contributed by atoms with van der Waals surface area (Å²) in [7, 11) is 0. The van der Waals surface area contributed by atoms with Crippen molar-refractivity contribution >= 4 is 23.7 Å². The Hall–Kier alpha value is -1.75. The Bertz CT molecular complexity index is 508. The Morgan fingerprint density at radius 2 is 1.86 bits per heavy atom. The standard InChI is InChI=1S/C16H22ClNO4/c1-16(2,3)22-15(21)18-13(14(19)20)6-4-5-11-7-9-12(17)10-8-11/h7-10,13H,4-6H2,1-3H3,(H,18,21)(H,19,20)/t13-/m0/s1. The minimum Gasteiger partial charge on any atom is -0.480 e. The van der Waals surface area contributed by atoms with E-state index in [0.717, 1.165) is 12.0 Å². The number of alkyl carbamates (subject to hydrolysis) is 1. The summed E-state index contributed by atoms with van der Waals surface area (Å²) >= 11 is 5.81. The van der Waals surface area contributed by atoms with E-state index in [2.05, 4.69) is 5.32 Å². The molecule has 0 radical (unpaired) electrons. The van der Waals surface area contributed by atoms with E-state index in [-0.39, 0.29) is 0 Å². The zero-order valence-electron chi connectivity index (χ0n) is 13.1. The fraction of sp³-hybridized carbons (Fsp3) is 0.500. The molecule has 6 heteroatoms. The molecule has 0 aliphatic heterocycles. The molecule has 5 nitrogen and oxygen atoms in total. The zero-order valence-corrected chi connectivity index (χ0v) is 13.8. The Morgan fingerprint density at radius 3 is 2.36 bits per heavy atom. The van der Waals surface area contributed by atoms with Gasteiger partial charge in [0.1, 0.15) is 11.6 Å². The van der Waals surface area contributed by atoms with Crippen molar-refractivity contribution in [3.05, 3.63) is 34.9 Å². The molecule has 0 aliphatic rings. The number of benzene rings is 1. The number of nitrogens with one attached hydrogen (secondary N) is 1. The van der Waals surface area contributed by atoms with Gasteiger partial charge in [-0.3, -0.25) is 0 Å². The summed E-state index contributed by atoms with van der Waals surface area (Å²) in [5, 5.41) is 12.2. The van der Waals surface area contributed by atoms with Crippen molar-refractivity contribution in [2.75, 3.05) is 0 Å². The first kappa shape index (κ1) is 18.3. The third kappa shape index (κ3) is 7.31. The van der Waals surface area contributed by atoms with Crippen LogP contribution in [-0.2, 0) is 16.0 Å². The molecule has 0 fully saturated rings. The molecule has 0 spiro atoms. The molecule has 22 heavy (non-hydrogen) atoms. The molecule has 0 unspecified atom stereocenters. The van der Waals surface area contributed by atoms with E-state index in [1.807, 2.05) is 12.1 Å². The van der Waals surface area contributed by atoms with E-state index in [1.165, 1.54) is 0 Å². The number of ether oxygens (including phenoxy) is 1. The van der Waals surface area contributed by atoms with Gasteiger partial charge in [0.05, 0.1) is 0 Å². The highest BCUT2D eigenvalue weighted by atomic mass is 35.5. The fourth-order valence-corrected chi connectivity index (χ4v) is 1.99. The number of hydrogen-bond donors (Lipinski definition) is 2. The van der Waals surface area contributed by atoms with E-state index in [9.17, 15) is 9.59 Å². The fourth-order valence-electron chi connectivity index (χ4n) is 1.87. The van der Waals surface area contributed by atoms with Gasteiger partial charge >= 0.3 is 12.1 Å². The summed E-state index contributed by atoms with van der Waals surface area (Å²) in [6, 6.07) is 6.44. The first-order valence-corrected chi connectivity index (χ1v) is 7.52. The lowest BCUT2D eigenvalue weighted by atomic mass is 10.0. The van der Waals surface area contributed by atoms with Gasteiger partial charge in [-0.05, 0) is 57.7 Å². The number of rotatable bonds is 6. The van der Waals surface area contributed by atoms with Crippen LogP contribution >= 0.6 is 11.6 Å². The van der Waals surface area contributed by atoms with Crippen LogP contribution in [-0.4, -0.2) is 28.8 Å². The maximum absolute atomic E-state index is 11.6. The Balaban J connectivity index is 2.46. The lowest BCUT2D eigenvalue weighted by molar-refractivity contribution is -0.139. The Labute approximate surface area is 135 Å². The third-order valence-corrected chi connectivity index (χ3v) is 3.11. The Morgan fingerprint density at radius 1 is 1.27 bits per heavy atom. The molecule has 1 atom stereocenters. The first-order chi connectivity index (χ1) is 10.2. The number of hydrogen-bond acceptors (Lipinski definition) is 3. The molecule has 0 saturated carbocycles. The van der Waals surface area contributed by atoms with Gasteiger partial charge in [-0.2, -0.15) is 0 Å². The largest absolute Gasteiger partial charge is 0.480 e. The predicted octanol–water partition coefficient (Wildman–Crippen LogP) is 3.64. The zero-order chi connectivity index (χ0) is 16.8. The van der Waals surface area contributed by atoms with Crippen LogP contribution in [0.4, 0.5) is 4.79 Å². The van der Waals surface area contributed by atoms with Crippen molar-refractivity contribution in [2.24, 2.45) is 0 Å². The average Bonchev–Trinajstić information content (AvgIpc) is 2.37. The van der Waals surface area contributed by atoms with Crippen LogP contribution < -0.4 is 5.32 Å². The number of carbonyl (C=O) groups excluding carboxylic acids is 1. The number of amides is 1. The van der Waals surface area contributed by atoms with Gasteiger partial charge in [0.15, 0.2) is 0 Å². The summed E-state index contributed by atoms with van der Waals surface area (Å²) in [6.45, 7) is 5.18. The lowest BCUT2D eigenvalue weighted by Crippen LogP contribution is -2.43. The van der Waals surface area contributed by atoms with Gasteiger partial charge < -0.3 is 15.2 Å². The number of halogens is 1. The number of aryl methyl sites for hydroxylation is 1. The highest BCUT2D eigenvalue weighted by Crippen LogP contribution is 2.13. The summed E-state index contributed by atoms with van der Waals surface area (Å²) in [6.07, 6.45) is 0.967. The van der Waals surface area contributed by atoms with Gasteiger partial charge in [-0.15, -0.1) is 0 Å². The highest BCUT2D eigenvalue weighted by Gasteiger charge is 2.23.